The number of hydrogen-bond donors (Lipinski definition) is 1. The maximum atomic E-state index is 11.3. The van der Waals surface area contributed by atoms with Crippen LogP contribution in [-0.2, 0) is 13.0 Å². The molecule has 0 amide bonds. The monoisotopic (exact) mass is 305 g/mol. The minimum absolute atomic E-state index is 0.409. The highest BCUT2D eigenvalue weighted by Crippen LogP contribution is 2.19. The molecule has 0 fully saturated rings. The number of fused-ring (bicyclic) bond motifs is 1. The van der Waals surface area contributed by atoms with Gasteiger partial charge in [0.1, 0.15) is 11.0 Å². The molecule has 108 valence electrons. The summed E-state index contributed by atoms with van der Waals surface area (Å²) in [4.78, 5) is 4.31. The third-order valence-corrected chi connectivity index (χ3v) is 3.40. The van der Waals surface area contributed by atoms with Gasteiger partial charge in [-0.3, -0.25) is 0 Å². The number of hydrogen-bond acceptors (Lipinski definition) is 4. The van der Waals surface area contributed by atoms with Crippen LogP contribution < -0.4 is 10.0 Å². The first-order valence-electron chi connectivity index (χ1n) is 6.62. The largest absolute Gasteiger partial charge is 0.619 e. The molecule has 3 heterocycles. The van der Waals surface area contributed by atoms with Gasteiger partial charge in [-0.25, -0.2) is 4.98 Å². The number of anilines is 1. The Kier molecular flexibility index (Phi) is 3.62. The number of nitrogens with zero attached hydrogens (tertiary/aromatic N) is 4. The van der Waals surface area contributed by atoms with Crippen LogP contribution in [0.15, 0.2) is 36.8 Å². The molecule has 6 nitrogen and oxygen atoms in total. The van der Waals surface area contributed by atoms with Crippen LogP contribution >= 0.6 is 11.6 Å². The Morgan fingerprint density at radius 2 is 2.38 bits per heavy atom. The van der Waals surface area contributed by atoms with Crippen molar-refractivity contribution in [1.82, 2.24) is 14.6 Å². The van der Waals surface area contributed by atoms with E-state index >= 15 is 0 Å². The van der Waals surface area contributed by atoms with Gasteiger partial charge in [0.2, 0.25) is 0 Å². The predicted molar refractivity (Wildman–Crippen MR) is 80.1 cm³/mol. The highest BCUT2D eigenvalue weighted by Gasteiger charge is 2.10. The van der Waals surface area contributed by atoms with Crippen molar-refractivity contribution in [3.05, 3.63) is 58.3 Å². The van der Waals surface area contributed by atoms with Crippen molar-refractivity contribution in [2.24, 2.45) is 0 Å². The third kappa shape index (κ3) is 2.75. The zero-order valence-electron chi connectivity index (χ0n) is 11.5. The fraction of sp³-hybridized carbons (Fsp3) is 0.214. The summed E-state index contributed by atoms with van der Waals surface area (Å²) in [6.07, 6.45) is 5.60. The number of nitrogens with one attached hydrogen (secondary N) is 1. The summed E-state index contributed by atoms with van der Waals surface area (Å²) in [6, 6.07) is 5.30. The first-order valence-corrected chi connectivity index (χ1v) is 7.00. The summed E-state index contributed by atoms with van der Waals surface area (Å²) in [5.74, 6) is 0.742. The van der Waals surface area contributed by atoms with Crippen LogP contribution in [0, 0.1) is 5.21 Å². The van der Waals surface area contributed by atoms with Crippen molar-refractivity contribution in [2.45, 2.75) is 19.9 Å². The quantitative estimate of drug-likeness (QED) is 0.456. The lowest BCUT2D eigenvalue weighted by atomic mass is 10.3. The average molecular weight is 306 g/mol. The minimum Gasteiger partial charge on any atom is -0.619 e. The van der Waals surface area contributed by atoms with E-state index in [4.69, 9.17) is 11.6 Å². The van der Waals surface area contributed by atoms with E-state index in [1.807, 2.05) is 13.0 Å². The van der Waals surface area contributed by atoms with Gasteiger partial charge in [0, 0.05) is 29.8 Å². The van der Waals surface area contributed by atoms with Crippen LogP contribution in [0.1, 0.15) is 18.1 Å². The Hall–Kier alpha value is -2.34. The van der Waals surface area contributed by atoms with E-state index in [-0.39, 0.29) is 0 Å². The van der Waals surface area contributed by atoms with Gasteiger partial charge >= 0.3 is 0 Å². The summed E-state index contributed by atoms with van der Waals surface area (Å²) in [5.41, 5.74) is 2.66. The summed E-state index contributed by atoms with van der Waals surface area (Å²) >= 11 is 6.07. The van der Waals surface area contributed by atoms with E-state index in [2.05, 4.69) is 15.4 Å². The van der Waals surface area contributed by atoms with Crippen molar-refractivity contribution in [3.63, 3.8) is 0 Å². The molecule has 0 atom stereocenters. The smallest absolute Gasteiger partial charge is 0.185 e. The van der Waals surface area contributed by atoms with Crippen molar-refractivity contribution < 1.29 is 4.73 Å². The highest BCUT2D eigenvalue weighted by molar-refractivity contribution is 6.29. The van der Waals surface area contributed by atoms with Crippen molar-refractivity contribution in [2.75, 3.05) is 5.32 Å². The number of aromatic nitrogens is 4. The maximum absolute atomic E-state index is 11.3. The van der Waals surface area contributed by atoms with Gasteiger partial charge < -0.3 is 10.5 Å². The van der Waals surface area contributed by atoms with Crippen molar-refractivity contribution in [3.8, 4) is 0 Å². The fourth-order valence-electron chi connectivity index (χ4n) is 2.15. The van der Waals surface area contributed by atoms with Gasteiger partial charge in [0.25, 0.3) is 0 Å². The zero-order valence-corrected chi connectivity index (χ0v) is 12.2. The van der Waals surface area contributed by atoms with Crippen LogP contribution in [0.3, 0.4) is 0 Å². The fourth-order valence-corrected chi connectivity index (χ4v) is 2.34. The summed E-state index contributed by atoms with van der Waals surface area (Å²) in [6.45, 7) is 2.55. The van der Waals surface area contributed by atoms with Gasteiger partial charge in [0.15, 0.2) is 18.0 Å². The van der Waals surface area contributed by atoms with Crippen LogP contribution in [0.5, 0.6) is 0 Å². The predicted octanol–water partition coefficient (Wildman–Crippen LogP) is 2.19. The maximum Gasteiger partial charge on any atom is 0.185 e. The molecule has 0 aliphatic rings. The molecule has 1 N–H and O–H groups in total. The molecule has 3 aromatic rings. The van der Waals surface area contributed by atoms with E-state index in [1.165, 1.54) is 12.4 Å². The molecule has 0 bridgehead atoms. The molecule has 0 spiro atoms. The third-order valence-electron chi connectivity index (χ3n) is 3.20. The lowest BCUT2D eigenvalue weighted by molar-refractivity contribution is -0.605. The summed E-state index contributed by atoms with van der Waals surface area (Å²) < 4.78 is 2.49. The van der Waals surface area contributed by atoms with E-state index in [0.717, 1.165) is 33.7 Å². The Balaban J connectivity index is 1.91. The molecule has 3 aromatic heterocycles. The lowest BCUT2D eigenvalue weighted by Crippen LogP contribution is -2.25. The second-order valence-electron chi connectivity index (χ2n) is 4.65. The molecule has 0 saturated carbocycles. The number of pyridine rings is 1. The molecular formula is C14H14ClN5O. The highest BCUT2D eigenvalue weighted by atomic mass is 35.5. The normalized spacial score (nSPS) is 11.0. The van der Waals surface area contributed by atoms with E-state index in [0.29, 0.717) is 11.7 Å². The van der Waals surface area contributed by atoms with Gasteiger partial charge in [-0.15, -0.1) is 0 Å². The number of halogens is 1. The first-order chi connectivity index (χ1) is 10.2. The first kappa shape index (κ1) is 13.6. The standard InChI is InChI=1S/C14H14ClN5O/c1-2-11-8-17-20-13(6-12(15)18-14(11)20)16-7-10-4-3-5-19(21)9-10/h3-6,8-9,16H,2,7H2,1H3/i6+2. The molecule has 0 aromatic carbocycles. The van der Waals surface area contributed by atoms with Crippen LogP contribution in [-0.4, -0.2) is 14.6 Å². The molecule has 21 heavy (non-hydrogen) atoms. The van der Waals surface area contributed by atoms with E-state index in [9.17, 15) is 5.21 Å². The number of aryl methyl sites for hydroxylation is 1. The molecule has 3 rings (SSSR count). The second kappa shape index (κ2) is 5.57. The Morgan fingerprint density at radius 1 is 1.52 bits per heavy atom. The van der Waals surface area contributed by atoms with Gasteiger partial charge in [0.05, 0.1) is 6.20 Å². The summed E-state index contributed by atoms with van der Waals surface area (Å²) in [7, 11) is 0. The number of rotatable bonds is 4. The topological polar surface area (TPSA) is 69.2 Å². The Bertz CT molecular complexity index is 786. The van der Waals surface area contributed by atoms with Crippen molar-refractivity contribution in [1.29, 1.82) is 0 Å². The molecule has 0 aliphatic carbocycles. The lowest BCUT2D eigenvalue weighted by Gasteiger charge is -2.09. The average Bonchev–Trinajstić information content (AvgIpc) is 2.87. The van der Waals surface area contributed by atoms with Gasteiger partial charge in [-0.05, 0) is 12.5 Å². The zero-order chi connectivity index (χ0) is 14.8. The molecule has 0 unspecified atom stereocenters. The molecule has 0 saturated heterocycles. The minimum atomic E-state index is 0.409. The van der Waals surface area contributed by atoms with Crippen LogP contribution in [0.2, 0.25) is 5.15 Å². The Morgan fingerprint density at radius 3 is 3.14 bits per heavy atom. The molecule has 0 aliphatic heterocycles. The van der Waals surface area contributed by atoms with Gasteiger partial charge in [-0.1, -0.05) is 18.5 Å². The van der Waals surface area contributed by atoms with Crippen LogP contribution in [0.25, 0.3) is 5.65 Å². The molecule has 0 radical (unpaired) electrons. The van der Waals surface area contributed by atoms with Crippen molar-refractivity contribution >= 4 is 23.1 Å². The van der Waals surface area contributed by atoms with Crippen LogP contribution in [0.4, 0.5) is 5.82 Å². The molecular weight excluding hydrogens is 292 g/mol. The second-order valence-corrected chi connectivity index (χ2v) is 5.04. The van der Waals surface area contributed by atoms with E-state index < -0.39 is 0 Å². The SMILES string of the molecule is CCc1cnn2c(NCc3ccc[n+]([O-])c3)[14cH]c(Cl)nc12. The Labute approximate surface area is 126 Å². The van der Waals surface area contributed by atoms with E-state index in [1.54, 1.807) is 22.8 Å². The van der Waals surface area contributed by atoms with Gasteiger partial charge in [-0.2, -0.15) is 14.3 Å². The summed E-state index contributed by atoms with van der Waals surface area (Å²) in [5, 5.41) is 19.2. The molecule has 7 heteroatoms.